The van der Waals surface area contributed by atoms with Gasteiger partial charge in [-0.25, -0.2) is 4.79 Å². The van der Waals surface area contributed by atoms with Gasteiger partial charge in [-0.1, -0.05) is 11.6 Å². The van der Waals surface area contributed by atoms with Crippen LogP contribution in [0.4, 0.5) is 4.79 Å². The van der Waals surface area contributed by atoms with Crippen molar-refractivity contribution in [1.29, 1.82) is 0 Å². The first-order valence-corrected chi connectivity index (χ1v) is 7.09. The van der Waals surface area contributed by atoms with Gasteiger partial charge in [-0.05, 0) is 43.4 Å². The molecule has 1 aliphatic heterocycles. The zero-order chi connectivity index (χ0) is 14.1. The summed E-state index contributed by atoms with van der Waals surface area (Å²) in [6.07, 6.45) is 1.91. The van der Waals surface area contributed by atoms with Crippen LogP contribution in [0.25, 0.3) is 10.9 Å². The molecule has 1 aliphatic rings. The van der Waals surface area contributed by atoms with Gasteiger partial charge in [0.25, 0.3) is 0 Å². The molecule has 1 unspecified atom stereocenters. The van der Waals surface area contributed by atoms with E-state index < -0.39 is 0 Å². The molecular weight excluding hydrogens is 252 g/mol. The number of hydrogen-bond donors (Lipinski definition) is 1. The lowest BCUT2D eigenvalue weighted by atomic mass is 9.95. The number of nitrogens with zero attached hydrogens (tertiary/aromatic N) is 1. The van der Waals surface area contributed by atoms with Crippen molar-refractivity contribution >= 4 is 17.0 Å². The van der Waals surface area contributed by atoms with Gasteiger partial charge in [-0.15, -0.1) is 0 Å². The Bertz CT molecular complexity index is 632. The van der Waals surface area contributed by atoms with E-state index in [0.29, 0.717) is 5.92 Å². The molecule has 1 atom stereocenters. The summed E-state index contributed by atoms with van der Waals surface area (Å²) >= 11 is 0. The summed E-state index contributed by atoms with van der Waals surface area (Å²) in [6, 6.07) is 8.64. The van der Waals surface area contributed by atoms with Crippen LogP contribution in [0.3, 0.4) is 0 Å². The van der Waals surface area contributed by atoms with E-state index in [-0.39, 0.29) is 6.09 Å². The van der Waals surface area contributed by atoms with Gasteiger partial charge in [-0.2, -0.15) is 0 Å². The lowest BCUT2D eigenvalue weighted by Gasteiger charge is -2.31. The molecule has 0 radical (unpaired) electrons. The summed E-state index contributed by atoms with van der Waals surface area (Å²) < 4.78 is 4.83. The van der Waals surface area contributed by atoms with E-state index in [9.17, 15) is 4.79 Å². The average Bonchev–Trinajstić information content (AvgIpc) is 2.89. The molecule has 4 nitrogen and oxygen atoms in total. The first-order chi connectivity index (χ1) is 9.67. The van der Waals surface area contributed by atoms with Gasteiger partial charge in [-0.3, -0.25) is 0 Å². The standard InChI is InChI=1S/C16H20N2O2/c1-11-5-6-14-13(8-11)9-15(17-14)12-4-3-7-18(10-12)16(19)20-2/h5-6,8-9,12,17H,3-4,7,10H2,1-2H3. The third-order valence-electron chi connectivity index (χ3n) is 4.09. The fourth-order valence-corrected chi connectivity index (χ4v) is 3.02. The van der Waals surface area contributed by atoms with E-state index in [4.69, 9.17) is 4.74 Å². The van der Waals surface area contributed by atoms with Crippen molar-refractivity contribution < 1.29 is 9.53 Å². The Kier molecular flexibility index (Phi) is 3.38. The zero-order valence-corrected chi connectivity index (χ0v) is 12.0. The molecule has 0 aliphatic carbocycles. The lowest BCUT2D eigenvalue weighted by Crippen LogP contribution is -2.39. The topological polar surface area (TPSA) is 45.3 Å². The Balaban J connectivity index is 1.84. The number of amides is 1. The lowest BCUT2D eigenvalue weighted by molar-refractivity contribution is 0.110. The highest BCUT2D eigenvalue weighted by molar-refractivity contribution is 5.81. The summed E-state index contributed by atoms with van der Waals surface area (Å²) in [5.74, 6) is 0.371. The third kappa shape index (κ3) is 2.38. The summed E-state index contributed by atoms with van der Waals surface area (Å²) in [7, 11) is 1.44. The number of carbonyl (C=O) groups is 1. The number of aryl methyl sites for hydroxylation is 1. The number of aromatic amines is 1. The maximum absolute atomic E-state index is 11.7. The van der Waals surface area contributed by atoms with Crippen molar-refractivity contribution in [3.63, 3.8) is 0 Å². The second kappa shape index (κ2) is 5.19. The second-order valence-corrected chi connectivity index (χ2v) is 5.57. The highest BCUT2D eigenvalue weighted by Gasteiger charge is 2.26. The quantitative estimate of drug-likeness (QED) is 0.864. The summed E-state index contributed by atoms with van der Waals surface area (Å²) in [5.41, 5.74) is 3.66. The van der Waals surface area contributed by atoms with E-state index in [1.807, 2.05) is 0 Å². The average molecular weight is 272 g/mol. The predicted octanol–water partition coefficient (Wildman–Crippen LogP) is 3.42. The number of H-pyrrole nitrogens is 1. The Hall–Kier alpha value is -1.97. The molecule has 3 rings (SSSR count). The maximum Gasteiger partial charge on any atom is 0.409 e. The second-order valence-electron chi connectivity index (χ2n) is 5.57. The number of benzene rings is 1. The summed E-state index contributed by atoms with van der Waals surface area (Å²) in [5, 5.41) is 1.25. The van der Waals surface area contributed by atoms with Crippen LogP contribution in [0.2, 0.25) is 0 Å². The number of rotatable bonds is 1. The number of nitrogens with one attached hydrogen (secondary N) is 1. The smallest absolute Gasteiger partial charge is 0.409 e. The first kappa shape index (κ1) is 13.0. The Morgan fingerprint density at radius 2 is 2.25 bits per heavy atom. The summed E-state index contributed by atoms with van der Waals surface area (Å²) in [6.45, 7) is 3.63. The summed E-state index contributed by atoms with van der Waals surface area (Å²) in [4.78, 5) is 16.9. The van der Waals surface area contributed by atoms with Gasteiger partial charge in [0.05, 0.1) is 7.11 Å². The molecule has 1 saturated heterocycles. The molecule has 1 fully saturated rings. The number of methoxy groups -OCH3 is 1. The first-order valence-electron chi connectivity index (χ1n) is 7.09. The number of aromatic nitrogens is 1. The number of carbonyl (C=O) groups excluding carboxylic acids is 1. The Morgan fingerprint density at radius 3 is 3.05 bits per heavy atom. The molecule has 1 aromatic heterocycles. The maximum atomic E-state index is 11.7. The third-order valence-corrected chi connectivity index (χ3v) is 4.09. The van der Waals surface area contributed by atoms with Gasteiger partial charge < -0.3 is 14.6 Å². The fraction of sp³-hybridized carbons (Fsp3) is 0.438. The monoisotopic (exact) mass is 272 g/mol. The number of piperidine rings is 1. The Morgan fingerprint density at radius 1 is 1.40 bits per heavy atom. The van der Waals surface area contributed by atoms with Crippen molar-refractivity contribution in [2.75, 3.05) is 20.2 Å². The van der Waals surface area contributed by atoms with Crippen LogP contribution in [0.5, 0.6) is 0 Å². The van der Waals surface area contributed by atoms with Crippen LogP contribution in [-0.4, -0.2) is 36.2 Å². The van der Waals surface area contributed by atoms with Crippen LogP contribution < -0.4 is 0 Å². The van der Waals surface area contributed by atoms with Gasteiger partial charge in [0.15, 0.2) is 0 Å². The highest BCUT2D eigenvalue weighted by Crippen LogP contribution is 2.29. The normalized spacial score (nSPS) is 19.3. The van der Waals surface area contributed by atoms with E-state index in [1.54, 1.807) is 4.90 Å². The number of likely N-dealkylation sites (tertiary alicyclic amines) is 1. The van der Waals surface area contributed by atoms with Crippen LogP contribution in [0.15, 0.2) is 24.3 Å². The molecule has 2 heterocycles. The van der Waals surface area contributed by atoms with Crippen molar-refractivity contribution in [2.45, 2.75) is 25.7 Å². The minimum absolute atomic E-state index is 0.221. The van der Waals surface area contributed by atoms with Crippen molar-refractivity contribution in [1.82, 2.24) is 9.88 Å². The molecule has 0 saturated carbocycles. The van der Waals surface area contributed by atoms with E-state index in [2.05, 4.69) is 36.2 Å². The largest absolute Gasteiger partial charge is 0.453 e. The molecule has 2 aromatic rings. The molecule has 1 aromatic carbocycles. The number of fused-ring (bicyclic) bond motifs is 1. The van der Waals surface area contributed by atoms with Crippen molar-refractivity contribution in [3.8, 4) is 0 Å². The SMILES string of the molecule is COC(=O)N1CCCC(c2cc3cc(C)ccc3[nH]2)C1. The minimum Gasteiger partial charge on any atom is -0.453 e. The van der Waals surface area contributed by atoms with Crippen LogP contribution >= 0.6 is 0 Å². The molecular formula is C16H20N2O2. The van der Waals surface area contributed by atoms with Crippen LogP contribution in [-0.2, 0) is 4.74 Å². The van der Waals surface area contributed by atoms with Gasteiger partial charge in [0.1, 0.15) is 0 Å². The number of hydrogen-bond acceptors (Lipinski definition) is 2. The van der Waals surface area contributed by atoms with Gasteiger partial charge in [0.2, 0.25) is 0 Å². The van der Waals surface area contributed by atoms with Gasteiger partial charge >= 0.3 is 6.09 Å². The predicted molar refractivity (Wildman–Crippen MR) is 79.0 cm³/mol. The van der Waals surface area contributed by atoms with Crippen LogP contribution in [0, 0.1) is 6.92 Å². The molecule has 106 valence electrons. The van der Waals surface area contributed by atoms with Crippen LogP contribution in [0.1, 0.15) is 30.0 Å². The zero-order valence-electron chi connectivity index (χ0n) is 12.0. The van der Waals surface area contributed by atoms with E-state index in [1.165, 1.54) is 29.3 Å². The molecule has 1 amide bonds. The molecule has 1 N–H and O–H groups in total. The molecule has 20 heavy (non-hydrogen) atoms. The highest BCUT2D eigenvalue weighted by atomic mass is 16.5. The fourth-order valence-electron chi connectivity index (χ4n) is 3.02. The van der Waals surface area contributed by atoms with Gasteiger partial charge in [0, 0.05) is 30.2 Å². The van der Waals surface area contributed by atoms with Crippen molar-refractivity contribution in [2.24, 2.45) is 0 Å². The Labute approximate surface area is 118 Å². The van der Waals surface area contributed by atoms with E-state index in [0.717, 1.165) is 25.9 Å². The van der Waals surface area contributed by atoms with E-state index >= 15 is 0 Å². The molecule has 0 bridgehead atoms. The minimum atomic E-state index is -0.221. The van der Waals surface area contributed by atoms with Crippen molar-refractivity contribution in [3.05, 3.63) is 35.5 Å². The number of ether oxygens (including phenoxy) is 1. The molecule has 4 heteroatoms. The molecule has 0 spiro atoms.